The zero-order chi connectivity index (χ0) is 17.5. The predicted octanol–water partition coefficient (Wildman–Crippen LogP) is 6.60. The van der Waals surface area contributed by atoms with Crippen LogP contribution in [0.1, 0.15) is 58.8 Å². The minimum Gasteiger partial charge on any atom is -0.493 e. The summed E-state index contributed by atoms with van der Waals surface area (Å²) in [5.74, 6) is 4.62. The summed E-state index contributed by atoms with van der Waals surface area (Å²) in [5.41, 5.74) is 0. The number of rotatable bonds is 4. The quantitative estimate of drug-likeness (QED) is 0.560. The first kappa shape index (κ1) is 18.6. The van der Waals surface area contributed by atoms with Crippen molar-refractivity contribution < 1.29 is 4.74 Å². The average molecular weight is 358 g/mol. The van der Waals surface area contributed by atoms with E-state index in [9.17, 15) is 0 Å². The molecule has 2 fully saturated rings. The highest BCUT2D eigenvalue weighted by Crippen LogP contribution is 2.35. The van der Waals surface area contributed by atoms with Crippen molar-refractivity contribution in [2.45, 2.75) is 63.7 Å². The fraction of sp³-hybridized carbons (Fsp3) is 0.565. The van der Waals surface area contributed by atoms with Gasteiger partial charge in [-0.25, -0.2) is 0 Å². The third-order valence-corrected chi connectivity index (χ3v) is 7.93. The van der Waals surface area contributed by atoms with E-state index in [0.29, 0.717) is 10.9 Å². The first-order valence-electron chi connectivity index (χ1n) is 10.2. The highest BCUT2D eigenvalue weighted by Gasteiger charge is 2.29. The van der Waals surface area contributed by atoms with Crippen molar-refractivity contribution in [2.75, 3.05) is 18.1 Å². The van der Waals surface area contributed by atoms with E-state index in [4.69, 9.17) is 4.74 Å². The molecule has 0 bridgehead atoms. The molecule has 0 aromatic heterocycles. The van der Waals surface area contributed by atoms with Crippen molar-refractivity contribution in [2.24, 2.45) is 5.92 Å². The van der Waals surface area contributed by atoms with E-state index in [0.717, 1.165) is 18.3 Å². The van der Waals surface area contributed by atoms with Gasteiger partial charge in [-0.1, -0.05) is 51.3 Å². The standard InChI is InChI=1S/C21H27OS.C2H6/c1-2-8-17(9-3-1)16-22-20-12-13-21(23-14-6-7-15-23)19-11-5-4-10-18(19)20;1-2/h4-5,10-13,17H,1-3,6-9,14-16H2;1-2H3/q+1;. The summed E-state index contributed by atoms with van der Waals surface area (Å²) < 4.78 is 6.28. The molecule has 4 rings (SSSR count). The van der Waals surface area contributed by atoms with Crippen LogP contribution >= 0.6 is 0 Å². The summed E-state index contributed by atoms with van der Waals surface area (Å²) in [4.78, 5) is 1.57. The van der Waals surface area contributed by atoms with Gasteiger partial charge in [0.25, 0.3) is 0 Å². The van der Waals surface area contributed by atoms with Crippen molar-refractivity contribution in [1.82, 2.24) is 0 Å². The van der Waals surface area contributed by atoms with E-state index in [1.807, 2.05) is 13.8 Å². The molecule has 1 saturated heterocycles. The van der Waals surface area contributed by atoms with Crippen LogP contribution in [0.15, 0.2) is 41.3 Å². The smallest absolute Gasteiger partial charge is 0.162 e. The molecule has 1 nitrogen and oxygen atoms in total. The van der Waals surface area contributed by atoms with Crippen LogP contribution in [0.3, 0.4) is 0 Å². The molecule has 2 aliphatic rings. The van der Waals surface area contributed by atoms with Gasteiger partial charge in [0.05, 0.1) is 6.61 Å². The summed E-state index contributed by atoms with van der Waals surface area (Å²) in [7, 11) is 0.463. The second kappa shape index (κ2) is 9.52. The molecule has 1 saturated carbocycles. The Labute approximate surface area is 156 Å². The van der Waals surface area contributed by atoms with Gasteiger partial charge in [0.15, 0.2) is 4.90 Å². The molecule has 25 heavy (non-hydrogen) atoms. The van der Waals surface area contributed by atoms with Crippen LogP contribution in [0.4, 0.5) is 0 Å². The molecule has 0 amide bonds. The van der Waals surface area contributed by atoms with E-state index < -0.39 is 0 Å². The highest BCUT2D eigenvalue weighted by molar-refractivity contribution is 7.97. The second-order valence-corrected chi connectivity index (χ2v) is 9.27. The fourth-order valence-corrected chi connectivity index (χ4v) is 6.56. The van der Waals surface area contributed by atoms with Gasteiger partial charge in [-0.3, -0.25) is 0 Å². The largest absolute Gasteiger partial charge is 0.493 e. The van der Waals surface area contributed by atoms with E-state index in [1.165, 1.54) is 67.2 Å². The third-order valence-electron chi connectivity index (χ3n) is 5.39. The second-order valence-electron chi connectivity index (χ2n) is 7.03. The van der Waals surface area contributed by atoms with Crippen LogP contribution in [0.2, 0.25) is 0 Å². The Morgan fingerprint density at radius 2 is 1.52 bits per heavy atom. The number of benzene rings is 2. The summed E-state index contributed by atoms with van der Waals surface area (Å²) in [6.07, 6.45) is 9.68. The molecule has 2 heteroatoms. The summed E-state index contributed by atoms with van der Waals surface area (Å²) in [6, 6.07) is 13.5. The molecule has 0 radical (unpaired) electrons. The van der Waals surface area contributed by atoms with Crippen LogP contribution in [-0.4, -0.2) is 18.1 Å². The lowest BCUT2D eigenvalue weighted by molar-refractivity contribution is 0.210. The lowest BCUT2D eigenvalue weighted by Gasteiger charge is -2.22. The molecule has 0 atom stereocenters. The number of hydrogen-bond donors (Lipinski definition) is 0. The van der Waals surface area contributed by atoms with E-state index in [1.54, 1.807) is 4.90 Å². The van der Waals surface area contributed by atoms with Gasteiger partial charge in [-0.15, -0.1) is 0 Å². The molecule has 0 spiro atoms. The summed E-state index contributed by atoms with van der Waals surface area (Å²) in [5, 5.41) is 2.75. The molecule has 2 aromatic rings. The molecule has 136 valence electrons. The van der Waals surface area contributed by atoms with Gasteiger partial charge in [0.1, 0.15) is 17.3 Å². The molecule has 0 N–H and O–H groups in total. The van der Waals surface area contributed by atoms with Gasteiger partial charge < -0.3 is 4.74 Å². The zero-order valence-electron chi connectivity index (χ0n) is 15.9. The predicted molar refractivity (Wildman–Crippen MR) is 112 cm³/mol. The van der Waals surface area contributed by atoms with Crippen molar-refractivity contribution in [1.29, 1.82) is 0 Å². The van der Waals surface area contributed by atoms with Crippen LogP contribution in [0, 0.1) is 5.92 Å². The minimum atomic E-state index is 0.463. The van der Waals surface area contributed by atoms with Crippen molar-refractivity contribution >= 4 is 21.7 Å². The Balaban J connectivity index is 0.000000880. The van der Waals surface area contributed by atoms with E-state index in [-0.39, 0.29) is 0 Å². The normalized spacial score (nSPS) is 18.8. The molecule has 1 aliphatic carbocycles. The summed E-state index contributed by atoms with van der Waals surface area (Å²) in [6.45, 7) is 4.90. The van der Waals surface area contributed by atoms with Gasteiger partial charge in [-0.05, 0) is 49.8 Å². The van der Waals surface area contributed by atoms with Crippen molar-refractivity contribution in [3.8, 4) is 5.75 Å². The van der Waals surface area contributed by atoms with Gasteiger partial charge >= 0.3 is 0 Å². The number of hydrogen-bond acceptors (Lipinski definition) is 1. The highest BCUT2D eigenvalue weighted by atomic mass is 32.2. The maximum absolute atomic E-state index is 6.28. The van der Waals surface area contributed by atoms with Crippen LogP contribution < -0.4 is 4.74 Å². The molecule has 0 unspecified atom stereocenters. The lowest BCUT2D eigenvalue weighted by atomic mass is 9.90. The van der Waals surface area contributed by atoms with Gasteiger partial charge in [0, 0.05) is 21.7 Å². The van der Waals surface area contributed by atoms with E-state index >= 15 is 0 Å². The van der Waals surface area contributed by atoms with Gasteiger partial charge in [-0.2, -0.15) is 0 Å². The Morgan fingerprint density at radius 1 is 0.840 bits per heavy atom. The summed E-state index contributed by atoms with van der Waals surface area (Å²) >= 11 is 0. The lowest BCUT2D eigenvalue weighted by Crippen LogP contribution is -2.15. The van der Waals surface area contributed by atoms with E-state index in [2.05, 4.69) is 36.4 Å². The van der Waals surface area contributed by atoms with Crippen LogP contribution in [0.5, 0.6) is 5.75 Å². The first-order chi connectivity index (χ1) is 12.4. The fourth-order valence-electron chi connectivity index (χ4n) is 4.06. The third kappa shape index (κ3) is 4.53. The van der Waals surface area contributed by atoms with Crippen LogP contribution in [0.25, 0.3) is 10.8 Å². The molecule has 1 aliphatic heterocycles. The Bertz CT molecular complexity index is 654. The topological polar surface area (TPSA) is 9.23 Å². The van der Waals surface area contributed by atoms with Crippen LogP contribution in [-0.2, 0) is 10.9 Å². The van der Waals surface area contributed by atoms with Gasteiger partial charge in [0.2, 0.25) is 0 Å². The van der Waals surface area contributed by atoms with Crippen molar-refractivity contribution in [3.05, 3.63) is 36.4 Å². The maximum atomic E-state index is 6.28. The Hall–Kier alpha value is -1.15. The molecular formula is C23H33OS+. The average Bonchev–Trinajstić information content (AvgIpc) is 3.23. The molecule has 2 aromatic carbocycles. The molecular weight excluding hydrogens is 324 g/mol. The Morgan fingerprint density at radius 3 is 2.24 bits per heavy atom. The zero-order valence-corrected chi connectivity index (χ0v) is 16.7. The minimum absolute atomic E-state index is 0.463. The monoisotopic (exact) mass is 357 g/mol. The molecule has 1 heterocycles. The number of ether oxygens (including phenoxy) is 1. The van der Waals surface area contributed by atoms with Crippen molar-refractivity contribution in [3.63, 3.8) is 0 Å². The first-order valence-corrected chi connectivity index (χ1v) is 11.8. The number of fused-ring (bicyclic) bond motifs is 1. The Kier molecular flexibility index (Phi) is 7.10. The maximum Gasteiger partial charge on any atom is 0.162 e. The SMILES string of the molecule is CC.c1ccc2c([S+]3CCCC3)ccc(OCC3CCCCC3)c2c1.